The molecule has 5 nitrogen and oxygen atoms in total. The second-order valence-electron chi connectivity index (χ2n) is 20.3. The van der Waals surface area contributed by atoms with Crippen molar-refractivity contribution in [3.8, 4) is 0 Å². The van der Waals surface area contributed by atoms with Gasteiger partial charge >= 0.3 is 0 Å². The lowest BCUT2D eigenvalue weighted by atomic mass is 9.59. The zero-order chi connectivity index (χ0) is 37.3. The van der Waals surface area contributed by atoms with Gasteiger partial charge in [-0.25, -0.2) is 0 Å². The van der Waals surface area contributed by atoms with Gasteiger partial charge in [0.1, 0.15) is 0 Å². The first-order chi connectivity index (χ1) is 27.8. The van der Waals surface area contributed by atoms with Crippen LogP contribution in [0.25, 0.3) is 0 Å². The molecule has 0 saturated carbocycles. The molecule has 2 aliphatic heterocycles. The van der Waals surface area contributed by atoms with Crippen LogP contribution in [-0.2, 0) is 0 Å². The maximum absolute atomic E-state index is 4.39. The standard InChI is InChI=1S/C51H77N5/c1-5-17-34(18-6-1)46-33-47(35-19-7-2-8-20-35)53-50(52-46)44-31-29-42(38-25-13-15-27-40(38)44)43-30-32-45(41-28-16-14-26-39(41)43)51-55-48(36-21-9-3-10-22-36)54-49(56-51)37-23-11-4-12-24-37/h1,3,5,9,19,23,34,36,42-56H,2,4,6-8,10-18,20-22,24-33H2. The molecule has 2 fully saturated rings. The van der Waals surface area contributed by atoms with Crippen molar-refractivity contribution in [2.24, 2.45) is 35.5 Å². The minimum Gasteiger partial charge on any atom is -0.298 e. The van der Waals surface area contributed by atoms with Crippen molar-refractivity contribution in [2.45, 2.75) is 210 Å². The Morgan fingerprint density at radius 2 is 0.911 bits per heavy atom. The highest BCUT2D eigenvalue weighted by Gasteiger charge is 2.46. The minimum atomic E-state index is 0.332. The van der Waals surface area contributed by atoms with Gasteiger partial charge in [-0.15, -0.1) is 0 Å². The molecular weight excluding hydrogens is 683 g/mol. The molecule has 2 heterocycles. The quantitative estimate of drug-likeness (QED) is 0.167. The van der Waals surface area contributed by atoms with Crippen LogP contribution in [0.15, 0.2) is 69.9 Å². The Morgan fingerprint density at radius 1 is 0.393 bits per heavy atom. The Balaban J connectivity index is 0.918. The van der Waals surface area contributed by atoms with Crippen LogP contribution in [0.3, 0.4) is 0 Å². The molecule has 0 aromatic heterocycles. The summed E-state index contributed by atoms with van der Waals surface area (Å²) in [5.41, 5.74) is 11.1. The first-order valence-corrected chi connectivity index (χ1v) is 24.7. The summed E-state index contributed by atoms with van der Waals surface area (Å²) in [6.07, 6.45) is 52.8. The van der Waals surface area contributed by atoms with E-state index < -0.39 is 0 Å². The van der Waals surface area contributed by atoms with E-state index in [0.29, 0.717) is 54.5 Å². The van der Waals surface area contributed by atoms with E-state index in [1.807, 2.05) is 22.3 Å². The van der Waals surface area contributed by atoms with Crippen molar-refractivity contribution in [1.82, 2.24) is 26.6 Å². The number of nitrogens with one attached hydrogen (secondary N) is 5. The molecule has 0 amide bonds. The monoisotopic (exact) mass is 760 g/mol. The summed E-state index contributed by atoms with van der Waals surface area (Å²) in [5, 5.41) is 21.4. The molecule has 0 spiro atoms. The highest BCUT2D eigenvalue weighted by atomic mass is 15.4. The normalized spacial score (nSPS) is 42.4. The van der Waals surface area contributed by atoms with Gasteiger partial charge in [0.05, 0.1) is 24.7 Å². The van der Waals surface area contributed by atoms with Crippen LogP contribution in [0.5, 0.6) is 0 Å². The number of allylic oxidation sites excluding steroid dienone is 8. The zero-order valence-corrected chi connectivity index (χ0v) is 35.0. The third-order valence-corrected chi connectivity index (χ3v) is 17.2. The summed E-state index contributed by atoms with van der Waals surface area (Å²) in [7, 11) is 0. The number of hydrogen-bond acceptors (Lipinski definition) is 5. The van der Waals surface area contributed by atoms with E-state index in [9.17, 15) is 0 Å². The van der Waals surface area contributed by atoms with Gasteiger partial charge in [-0.1, -0.05) is 64.3 Å². The molecule has 306 valence electrons. The fourth-order valence-electron chi connectivity index (χ4n) is 14.4. The van der Waals surface area contributed by atoms with Crippen molar-refractivity contribution in [2.75, 3.05) is 0 Å². The number of rotatable bonds is 7. The Kier molecular flexibility index (Phi) is 12.2. The van der Waals surface area contributed by atoms with Crippen molar-refractivity contribution >= 4 is 0 Å². The topological polar surface area (TPSA) is 60.1 Å². The summed E-state index contributed by atoms with van der Waals surface area (Å²) in [6.45, 7) is 0. The van der Waals surface area contributed by atoms with Gasteiger partial charge < -0.3 is 0 Å². The second-order valence-corrected chi connectivity index (χ2v) is 20.3. The van der Waals surface area contributed by atoms with Crippen LogP contribution in [0.2, 0.25) is 0 Å². The SMILES string of the molecule is C1=CCC(C2CC(C3=CCCCC3)NC(C3CCC(C4CCC(C5NC(C6=CCCCC6)NC(C6CC=CCC6)N5)C5=C4CCCC5)C4=C3CCCC4)N2)CC1. The molecule has 0 aromatic rings. The molecule has 56 heavy (non-hydrogen) atoms. The van der Waals surface area contributed by atoms with Gasteiger partial charge in [-0.3, -0.25) is 26.6 Å². The molecule has 5 heteroatoms. The summed E-state index contributed by atoms with van der Waals surface area (Å²) in [6, 6.07) is 1.23. The van der Waals surface area contributed by atoms with Gasteiger partial charge in [0.2, 0.25) is 0 Å². The van der Waals surface area contributed by atoms with Crippen molar-refractivity contribution in [3.63, 3.8) is 0 Å². The van der Waals surface area contributed by atoms with Gasteiger partial charge in [-0.2, -0.15) is 0 Å². The van der Waals surface area contributed by atoms with Crippen LogP contribution in [0, 0.1) is 35.5 Å². The molecule has 0 aromatic carbocycles. The molecule has 0 bridgehead atoms. The van der Waals surface area contributed by atoms with E-state index in [0.717, 1.165) is 17.8 Å². The average Bonchev–Trinajstić information content (AvgIpc) is 3.29. The largest absolute Gasteiger partial charge is 0.298 e. The summed E-state index contributed by atoms with van der Waals surface area (Å²) >= 11 is 0. The Morgan fingerprint density at radius 3 is 1.48 bits per heavy atom. The molecular formula is C51H77N5. The Labute approximate surface area is 341 Å². The molecule has 0 radical (unpaired) electrons. The zero-order valence-electron chi connectivity index (χ0n) is 35.0. The highest BCUT2D eigenvalue weighted by molar-refractivity contribution is 5.35. The highest BCUT2D eigenvalue weighted by Crippen LogP contribution is 2.54. The fourth-order valence-corrected chi connectivity index (χ4v) is 14.4. The smallest absolute Gasteiger partial charge is 0.0818 e. The van der Waals surface area contributed by atoms with E-state index in [4.69, 9.17) is 0 Å². The molecule has 10 aliphatic rings. The maximum Gasteiger partial charge on any atom is 0.0818 e. The third-order valence-electron chi connectivity index (χ3n) is 17.2. The molecule has 5 N–H and O–H groups in total. The van der Waals surface area contributed by atoms with E-state index in [1.165, 1.54) is 173 Å². The summed E-state index contributed by atoms with van der Waals surface area (Å²) < 4.78 is 0. The predicted octanol–water partition coefficient (Wildman–Crippen LogP) is 10.9. The summed E-state index contributed by atoms with van der Waals surface area (Å²) in [5.74, 6) is 4.39. The van der Waals surface area contributed by atoms with Crippen LogP contribution in [-0.4, -0.2) is 36.7 Å². The van der Waals surface area contributed by atoms with Gasteiger partial charge in [0.25, 0.3) is 0 Å². The molecule has 10 rings (SSSR count). The summed E-state index contributed by atoms with van der Waals surface area (Å²) in [4.78, 5) is 0. The second kappa shape index (κ2) is 17.8. The van der Waals surface area contributed by atoms with Crippen molar-refractivity contribution in [3.05, 3.63) is 69.9 Å². The molecule has 8 aliphatic carbocycles. The lowest BCUT2D eigenvalue weighted by molar-refractivity contribution is 0.118. The van der Waals surface area contributed by atoms with Crippen molar-refractivity contribution < 1.29 is 0 Å². The van der Waals surface area contributed by atoms with E-state index in [1.54, 1.807) is 11.1 Å². The maximum atomic E-state index is 4.39. The third kappa shape index (κ3) is 8.09. The van der Waals surface area contributed by atoms with Crippen LogP contribution < -0.4 is 26.6 Å². The Bertz CT molecular complexity index is 1460. The lowest BCUT2D eigenvalue weighted by Crippen LogP contribution is -2.71. The van der Waals surface area contributed by atoms with Crippen LogP contribution in [0.1, 0.15) is 173 Å². The van der Waals surface area contributed by atoms with E-state index >= 15 is 0 Å². The van der Waals surface area contributed by atoms with E-state index in [2.05, 4.69) is 63.0 Å². The minimum absolute atomic E-state index is 0.332. The van der Waals surface area contributed by atoms with Gasteiger partial charge in [-0.05, 0) is 203 Å². The number of hydrogen-bond donors (Lipinski definition) is 5. The van der Waals surface area contributed by atoms with E-state index in [-0.39, 0.29) is 0 Å². The first-order valence-electron chi connectivity index (χ1n) is 24.7. The average molecular weight is 760 g/mol. The van der Waals surface area contributed by atoms with Gasteiger partial charge in [0, 0.05) is 23.9 Å². The lowest BCUT2D eigenvalue weighted by Gasteiger charge is -2.51. The Hall–Kier alpha value is -1.76. The first kappa shape index (κ1) is 38.4. The van der Waals surface area contributed by atoms with Crippen molar-refractivity contribution in [1.29, 1.82) is 0 Å². The van der Waals surface area contributed by atoms with Crippen LogP contribution in [0.4, 0.5) is 0 Å². The molecule has 2 saturated heterocycles. The molecule has 12 atom stereocenters. The predicted molar refractivity (Wildman–Crippen MR) is 233 cm³/mol. The van der Waals surface area contributed by atoms with Gasteiger partial charge in [0.15, 0.2) is 0 Å². The van der Waals surface area contributed by atoms with Crippen LogP contribution >= 0.6 is 0 Å². The molecule has 12 unspecified atom stereocenters. The fraction of sp³-hybridized carbons (Fsp3) is 0.765.